The molecule has 0 aliphatic rings. The Morgan fingerprint density at radius 3 is 2.43 bits per heavy atom. The van der Waals surface area contributed by atoms with Crippen LogP contribution in [0.5, 0.6) is 5.75 Å². The highest BCUT2D eigenvalue weighted by molar-refractivity contribution is 5.31. The van der Waals surface area contributed by atoms with E-state index >= 15 is 0 Å². The van der Waals surface area contributed by atoms with Gasteiger partial charge in [-0.3, -0.25) is 0 Å². The second-order valence-corrected chi connectivity index (χ2v) is 5.26. The molecule has 0 unspecified atom stereocenters. The largest absolute Gasteiger partial charge is 0.461 e. The molecule has 3 nitrogen and oxygen atoms in total. The van der Waals surface area contributed by atoms with Gasteiger partial charge in [0.15, 0.2) is 0 Å². The summed E-state index contributed by atoms with van der Waals surface area (Å²) in [7, 11) is 0. The number of aliphatic hydroxyl groups excluding tert-OH is 1. The van der Waals surface area contributed by atoms with Crippen LogP contribution in [-0.2, 0) is 0 Å². The van der Waals surface area contributed by atoms with Crippen molar-refractivity contribution in [2.24, 2.45) is 11.7 Å². The number of hydrogen-bond donors (Lipinski definition) is 2. The first-order chi connectivity index (χ1) is 9.63. The molecule has 1 aromatic carbocycles. The van der Waals surface area contributed by atoms with Crippen LogP contribution in [0.3, 0.4) is 0 Å². The van der Waals surface area contributed by atoms with Gasteiger partial charge in [-0.05, 0) is 30.0 Å². The predicted molar refractivity (Wildman–Crippen MR) is 70.4 cm³/mol. The quantitative estimate of drug-likeness (QED) is 0.760. The lowest BCUT2D eigenvalue weighted by molar-refractivity contribution is -0.253. The van der Waals surface area contributed by atoms with Crippen LogP contribution in [0, 0.1) is 5.92 Å². The zero-order chi connectivity index (χ0) is 16.2. The van der Waals surface area contributed by atoms with Gasteiger partial charge in [-0.2, -0.15) is 17.6 Å². The molecule has 0 saturated heterocycles. The molecule has 0 amide bonds. The van der Waals surface area contributed by atoms with Gasteiger partial charge in [-0.15, -0.1) is 0 Å². The molecule has 0 spiro atoms. The lowest BCUT2D eigenvalue weighted by Crippen LogP contribution is -2.33. The summed E-state index contributed by atoms with van der Waals surface area (Å²) in [5.41, 5.74) is 6.18. The third kappa shape index (κ3) is 5.17. The molecule has 0 heterocycles. The highest BCUT2D eigenvalue weighted by Crippen LogP contribution is 2.29. The molecule has 0 aromatic heterocycles. The molecule has 3 N–H and O–H groups in total. The van der Waals surface area contributed by atoms with Gasteiger partial charge in [-0.25, -0.2) is 0 Å². The van der Waals surface area contributed by atoms with Crippen molar-refractivity contribution in [1.29, 1.82) is 0 Å². The lowest BCUT2D eigenvalue weighted by atomic mass is 9.95. The van der Waals surface area contributed by atoms with Gasteiger partial charge in [0, 0.05) is 0 Å². The molecule has 2 atom stereocenters. The average molecular weight is 309 g/mol. The van der Waals surface area contributed by atoms with Gasteiger partial charge in [-0.1, -0.05) is 26.0 Å². The van der Waals surface area contributed by atoms with E-state index in [-0.39, 0.29) is 5.92 Å². The highest BCUT2D eigenvalue weighted by atomic mass is 19.3. The summed E-state index contributed by atoms with van der Waals surface area (Å²) >= 11 is 0. The second kappa shape index (κ2) is 7.09. The topological polar surface area (TPSA) is 55.5 Å². The van der Waals surface area contributed by atoms with Crippen LogP contribution in [0.2, 0.25) is 0 Å². The van der Waals surface area contributed by atoms with E-state index < -0.39 is 30.4 Å². The minimum atomic E-state index is -4.57. The van der Waals surface area contributed by atoms with E-state index in [2.05, 4.69) is 4.74 Å². The zero-order valence-electron chi connectivity index (χ0n) is 11.8. The Hall–Kier alpha value is -1.34. The van der Waals surface area contributed by atoms with E-state index in [1.54, 1.807) is 0 Å². The molecule has 0 fully saturated rings. The van der Waals surface area contributed by atoms with Crippen molar-refractivity contribution in [3.63, 3.8) is 0 Å². The molecular weight excluding hydrogens is 290 g/mol. The van der Waals surface area contributed by atoms with Crippen molar-refractivity contribution in [3.05, 3.63) is 29.8 Å². The van der Waals surface area contributed by atoms with E-state index in [9.17, 15) is 22.7 Å². The van der Waals surface area contributed by atoms with Gasteiger partial charge >= 0.3 is 12.5 Å². The molecule has 0 aliphatic heterocycles. The highest BCUT2D eigenvalue weighted by Gasteiger charge is 2.44. The summed E-state index contributed by atoms with van der Waals surface area (Å²) in [4.78, 5) is 0. The van der Waals surface area contributed by atoms with E-state index in [0.29, 0.717) is 12.0 Å². The molecule has 1 aromatic rings. The zero-order valence-corrected chi connectivity index (χ0v) is 11.8. The minimum Gasteiger partial charge on any atom is -0.428 e. The van der Waals surface area contributed by atoms with E-state index in [0.717, 1.165) is 12.1 Å². The van der Waals surface area contributed by atoms with Crippen LogP contribution in [0.25, 0.3) is 0 Å². The fourth-order valence-electron chi connectivity index (χ4n) is 1.84. The molecule has 0 aliphatic carbocycles. The monoisotopic (exact) mass is 309 g/mol. The van der Waals surface area contributed by atoms with Gasteiger partial charge in [0.25, 0.3) is 0 Å². The van der Waals surface area contributed by atoms with Gasteiger partial charge in [0.1, 0.15) is 5.75 Å². The smallest absolute Gasteiger partial charge is 0.428 e. The Morgan fingerprint density at radius 2 is 1.90 bits per heavy atom. The van der Waals surface area contributed by atoms with Gasteiger partial charge in [0.05, 0.1) is 12.1 Å². The summed E-state index contributed by atoms with van der Waals surface area (Å²) in [5.74, 6) is -0.223. The number of alkyl halides is 4. The maximum atomic E-state index is 12.8. The number of nitrogens with two attached hydrogens (primary N) is 1. The fraction of sp³-hybridized carbons (Fsp3) is 0.571. The van der Waals surface area contributed by atoms with E-state index in [1.807, 2.05) is 13.8 Å². The first kappa shape index (κ1) is 17.7. The number of halogens is 4. The average Bonchev–Trinajstić information content (AvgIpc) is 2.36. The van der Waals surface area contributed by atoms with E-state index in [1.165, 1.54) is 12.1 Å². The number of benzene rings is 1. The first-order valence-corrected chi connectivity index (χ1v) is 6.52. The molecule has 0 radical (unpaired) electrons. The van der Waals surface area contributed by atoms with Crippen molar-refractivity contribution < 1.29 is 27.4 Å². The van der Waals surface area contributed by atoms with Crippen molar-refractivity contribution in [2.45, 2.75) is 44.9 Å². The molecule has 0 saturated carbocycles. The molecule has 21 heavy (non-hydrogen) atoms. The standard InChI is InChI=1S/C14H19F4NO2/c1-8(2)6-11(20)12(19)9-4-3-5-10(7-9)21-14(17,18)13(15)16/h3-5,7-8,11-13,20H,6,19H2,1-2H3/t11-,12+/m0/s1. The summed E-state index contributed by atoms with van der Waals surface area (Å²) in [6.07, 6.45) is -8.93. The third-order valence-corrected chi connectivity index (χ3v) is 2.88. The van der Waals surface area contributed by atoms with Crippen molar-refractivity contribution in [2.75, 3.05) is 0 Å². The normalized spacial score (nSPS) is 15.3. The van der Waals surface area contributed by atoms with Crippen LogP contribution in [0.4, 0.5) is 17.6 Å². The number of ether oxygens (including phenoxy) is 1. The first-order valence-electron chi connectivity index (χ1n) is 6.52. The maximum Gasteiger partial charge on any atom is 0.461 e. The molecular formula is C14H19F4NO2. The summed E-state index contributed by atoms with van der Waals surface area (Å²) in [6.45, 7) is 3.80. The molecule has 7 heteroatoms. The number of hydrogen-bond acceptors (Lipinski definition) is 3. The van der Waals surface area contributed by atoms with Gasteiger partial charge in [0.2, 0.25) is 0 Å². The summed E-state index contributed by atoms with van der Waals surface area (Å²) in [6, 6.07) is 4.32. The van der Waals surface area contributed by atoms with Crippen LogP contribution in [0.15, 0.2) is 24.3 Å². The Kier molecular flexibility index (Phi) is 5.98. The van der Waals surface area contributed by atoms with Gasteiger partial charge < -0.3 is 15.6 Å². The van der Waals surface area contributed by atoms with Crippen molar-refractivity contribution >= 4 is 0 Å². The van der Waals surface area contributed by atoms with Crippen LogP contribution >= 0.6 is 0 Å². The predicted octanol–water partition coefficient (Wildman–Crippen LogP) is 3.33. The molecule has 120 valence electrons. The van der Waals surface area contributed by atoms with E-state index in [4.69, 9.17) is 5.73 Å². The minimum absolute atomic E-state index is 0.202. The molecule has 0 bridgehead atoms. The number of rotatable bonds is 7. The van der Waals surface area contributed by atoms with Crippen LogP contribution in [0.1, 0.15) is 31.9 Å². The summed E-state index contributed by atoms with van der Waals surface area (Å²) in [5, 5.41) is 9.92. The van der Waals surface area contributed by atoms with Crippen LogP contribution in [-0.4, -0.2) is 23.7 Å². The maximum absolute atomic E-state index is 12.8. The fourth-order valence-corrected chi connectivity index (χ4v) is 1.84. The van der Waals surface area contributed by atoms with Crippen LogP contribution < -0.4 is 10.5 Å². The van der Waals surface area contributed by atoms with Crippen molar-refractivity contribution in [3.8, 4) is 5.75 Å². The Morgan fingerprint density at radius 1 is 1.29 bits per heavy atom. The summed E-state index contributed by atoms with van der Waals surface area (Å²) < 4.78 is 53.9. The molecule has 1 rings (SSSR count). The Balaban J connectivity index is 2.85. The Labute approximate surface area is 120 Å². The Bertz CT molecular complexity index is 454. The lowest BCUT2D eigenvalue weighted by Gasteiger charge is -2.22. The van der Waals surface area contributed by atoms with Crippen molar-refractivity contribution in [1.82, 2.24) is 0 Å². The SMILES string of the molecule is CC(C)C[C@H](O)[C@H](N)c1cccc(OC(F)(F)C(F)F)c1. The second-order valence-electron chi connectivity index (χ2n) is 5.26. The number of aliphatic hydroxyl groups is 1. The third-order valence-electron chi connectivity index (χ3n) is 2.88.